The molecule has 4 nitrogen and oxygen atoms in total. The van der Waals surface area contributed by atoms with E-state index < -0.39 is 0 Å². The maximum atomic E-state index is 4.49. The fourth-order valence-electron chi connectivity index (χ4n) is 2.88. The normalized spacial score (nSPS) is 12.0. The van der Waals surface area contributed by atoms with Gasteiger partial charge in [-0.05, 0) is 48.4 Å². The van der Waals surface area contributed by atoms with Crippen molar-refractivity contribution in [3.05, 3.63) is 79.0 Å². The quantitative estimate of drug-likeness (QED) is 0.503. The Kier molecular flexibility index (Phi) is 3.78. The molecule has 0 saturated carbocycles. The van der Waals surface area contributed by atoms with E-state index >= 15 is 0 Å². The number of aromatic nitrogens is 4. The van der Waals surface area contributed by atoms with E-state index in [4.69, 9.17) is 0 Å². The Morgan fingerprint density at radius 1 is 1.12 bits per heavy atom. The first-order valence-corrected chi connectivity index (χ1v) is 8.17. The highest BCUT2D eigenvalue weighted by Crippen LogP contribution is 2.30. The van der Waals surface area contributed by atoms with Crippen LogP contribution < -0.4 is 0 Å². The van der Waals surface area contributed by atoms with Crippen molar-refractivity contribution in [2.45, 2.75) is 6.92 Å². The molecule has 1 aromatic carbocycles. The minimum Gasteiger partial charge on any atom is -0.352 e. The standard InChI is InChI=1S/C21H18N4/c1-3-4-5-7-14(2)15-9-10-17-16(12-15)21(25-24-17)20-13-19-18(23-20)8-6-11-22-19/h3-13,23H,2H2,1H3,(H,24,25)/b4-3-,7-5-. The number of benzene rings is 1. The van der Waals surface area contributed by atoms with E-state index in [-0.39, 0.29) is 0 Å². The van der Waals surface area contributed by atoms with Gasteiger partial charge in [-0.3, -0.25) is 10.1 Å². The van der Waals surface area contributed by atoms with Gasteiger partial charge in [0.15, 0.2) is 0 Å². The lowest BCUT2D eigenvalue weighted by Gasteiger charge is -2.01. The second kappa shape index (κ2) is 6.24. The molecular weight excluding hydrogens is 308 g/mol. The topological polar surface area (TPSA) is 57.4 Å². The largest absolute Gasteiger partial charge is 0.352 e. The van der Waals surface area contributed by atoms with Crippen molar-refractivity contribution in [1.29, 1.82) is 0 Å². The van der Waals surface area contributed by atoms with Gasteiger partial charge in [0, 0.05) is 11.6 Å². The molecule has 3 heterocycles. The van der Waals surface area contributed by atoms with Crippen LogP contribution in [0.1, 0.15) is 12.5 Å². The summed E-state index contributed by atoms with van der Waals surface area (Å²) in [5, 5.41) is 8.65. The molecule has 0 aliphatic carbocycles. The highest BCUT2D eigenvalue weighted by molar-refractivity contribution is 5.96. The third-order valence-electron chi connectivity index (χ3n) is 4.18. The minimum atomic E-state index is 0.889. The molecule has 3 aromatic heterocycles. The maximum absolute atomic E-state index is 4.49. The van der Waals surface area contributed by atoms with Gasteiger partial charge in [0.2, 0.25) is 0 Å². The van der Waals surface area contributed by atoms with Crippen molar-refractivity contribution in [2.75, 3.05) is 0 Å². The molecule has 0 amide bonds. The van der Waals surface area contributed by atoms with Crippen molar-refractivity contribution < 1.29 is 0 Å². The number of hydrogen-bond acceptors (Lipinski definition) is 2. The van der Waals surface area contributed by atoms with Crippen molar-refractivity contribution in [1.82, 2.24) is 20.2 Å². The fraction of sp³-hybridized carbons (Fsp3) is 0.0476. The summed E-state index contributed by atoms with van der Waals surface area (Å²) in [4.78, 5) is 7.77. The minimum absolute atomic E-state index is 0.889. The summed E-state index contributed by atoms with van der Waals surface area (Å²) in [5.41, 5.74) is 6.81. The van der Waals surface area contributed by atoms with E-state index in [9.17, 15) is 0 Å². The molecule has 0 radical (unpaired) electrons. The Labute approximate surface area is 145 Å². The zero-order chi connectivity index (χ0) is 17.2. The van der Waals surface area contributed by atoms with Crippen molar-refractivity contribution in [3.8, 4) is 11.4 Å². The SMILES string of the molecule is C=C(/C=C\C=C/C)c1ccc2[nH]nc(-c3cc4ncccc4[nH]3)c2c1. The van der Waals surface area contributed by atoms with Gasteiger partial charge in [-0.2, -0.15) is 5.10 Å². The van der Waals surface area contributed by atoms with Crippen LogP contribution in [0.4, 0.5) is 0 Å². The molecule has 0 saturated heterocycles. The number of pyridine rings is 1. The second-order valence-electron chi connectivity index (χ2n) is 5.86. The Balaban J connectivity index is 1.79. The van der Waals surface area contributed by atoms with E-state index in [0.29, 0.717) is 0 Å². The average Bonchev–Trinajstić information content (AvgIpc) is 3.24. The molecule has 2 N–H and O–H groups in total. The van der Waals surface area contributed by atoms with Gasteiger partial charge in [-0.1, -0.05) is 36.9 Å². The molecule has 0 atom stereocenters. The van der Waals surface area contributed by atoms with Crippen LogP contribution in [0.15, 0.2) is 73.5 Å². The monoisotopic (exact) mass is 326 g/mol. The molecule has 4 heteroatoms. The van der Waals surface area contributed by atoms with Gasteiger partial charge in [0.05, 0.1) is 22.2 Å². The van der Waals surface area contributed by atoms with E-state index in [1.165, 1.54) is 0 Å². The van der Waals surface area contributed by atoms with E-state index in [2.05, 4.69) is 38.9 Å². The third-order valence-corrected chi connectivity index (χ3v) is 4.18. The lowest BCUT2D eigenvalue weighted by Crippen LogP contribution is -1.81. The number of H-pyrrole nitrogens is 2. The van der Waals surface area contributed by atoms with Gasteiger partial charge in [0.1, 0.15) is 5.69 Å². The first-order valence-electron chi connectivity index (χ1n) is 8.17. The summed E-state index contributed by atoms with van der Waals surface area (Å²) in [6.07, 6.45) is 9.78. The summed E-state index contributed by atoms with van der Waals surface area (Å²) in [6, 6.07) is 12.2. The molecule has 122 valence electrons. The molecule has 0 bridgehead atoms. The zero-order valence-corrected chi connectivity index (χ0v) is 14.0. The number of rotatable bonds is 4. The predicted octanol–water partition coefficient (Wildman–Crippen LogP) is 5.25. The molecule has 0 aliphatic rings. The number of aromatic amines is 2. The van der Waals surface area contributed by atoms with Crippen LogP contribution in [0, 0.1) is 0 Å². The van der Waals surface area contributed by atoms with Crippen molar-refractivity contribution in [3.63, 3.8) is 0 Å². The summed E-state index contributed by atoms with van der Waals surface area (Å²) in [5.74, 6) is 0. The lowest BCUT2D eigenvalue weighted by molar-refractivity contribution is 1.12. The summed E-state index contributed by atoms with van der Waals surface area (Å²) < 4.78 is 0. The van der Waals surface area contributed by atoms with Crippen LogP contribution in [0.3, 0.4) is 0 Å². The first kappa shape index (κ1) is 15.1. The van der Waals surface area contributed by atoms with E-state index in [0.717, 1.165) is 44.5 Å². The molecule has 4 rings (SSSR count). The molecule has 0 unspecified atom stereocenters. The van der Waals surface area contributed by atoms with Crippen LogP contribution in [0.5, 0.6) is 0 Å². The third kappa shape index (κ3) is 2.78. The Hall–Kier alpha value is -3.40. The smallest absolute Gasteiger partial charge is 0.116 e. The predicted molar refractivity (Wildman–Crippen MR) is 104 cm³/mol. The molecule has 0 fully saturated rings. The second-order valence-corrected chi connectivity index (χ2v) is 5.86. The summed E-state index contributed by atoms with van der Waals surface area (Å²) in [6.45, 7) is 6.15. The Morgan fingerprint density at radius 3 is 2.88 bits per heavy atom. The molecule has 25 heavy (non-hydrogen) atoms. The number of hydrogen-bond donors (Lipinski definition) is 2. The van der Waals surface area contributed by atoms with Gasteiger partial charge in [0.25, 0.3) is 0 Å². The van der Waals surface area contributed by atoms with Gasteiger partial charge in [-0.25, -0.2) is 0 Å². The Morgan fingerprint density at radius 2 is 2.04 bits per heavy atom. The maximum Gasteiger partial charge on any atom is 0.116 e. The van der Waals surface area contributed by atoms with Crippen molar-refractivity contribution in [2.24, 2.45) is 0 Å². The summed E-state index contributed by atoms with van der Waals surface area (Å²) >= 11 is 0. The number of nitrogens with one attached hydrogen (secondary N) is 2. The van der Waals surface area contributed by atoms with Crippen LogP contribution in [0.2, 0.25) is 0 Å². The van der Waals surface area contributed by atoms with Crippen LogP contribution in [-0.4, -0.2) is 20.2 Å². The van der Waals surface area contributed by atoms with Gasteiger partial charge >= 0.3 is 0 Å². The highest BCUT2D eigenvalue weighted by atomic mass is 15.1. The van der Waals surface area contributed by atoms with E-state index in [1.54, 1.807) is 6.20 Å². The van der Waals surface area contributed by atoms with Gasteiger partial charge in [-0.15, -0.1) is 0 Å². The van der Waals surface area contributed by atoms with Crippen molar-refractivity contribution >= 4 is 27.5 Å². The van der Waals surface area contributed by atoms with Crippen LogP contribution >= 0.6 is 0 Å². The van der Waals surface area contributed by atoms with E-state index in [1.807, 2.05) is 55.5 Å². The molecular formula is C21H18N4. The molecule has 4 aromatic rings. The molecule has 0 spiro atoms. The van der Waals surface area contributed by atoms with Gasteiger partial charge < -0.3 is 4.98 Å². The first-order chi connectivity index (χ1) is 12.3. The van der Waals surface area contributed by atoms with Crippen LogP contribution in [0.25, 0.3) is 38.9 Å². The zero-order valence-electron chi connectivity index (χ0n) is 14.0. The number of fused-ring (bicyclic) bond motifs is 2. The van der Waals surface area contributed by atoms with Crippen LogP contribution in [-0.2, 0) is 0 Å². The molecule has 0 aliphatic heterocycles. The Bertz CT molecular complexity index is 1090. The average molecular weight is 326 g/mol. The lowest BCUT2D eigenvalue weighted by atomic mass is 10.0. The summed E-state index contributed by atoms with van der Waals surface area (Å²) in [7, 11) is 0. The fourth-order valence-corrected chi connectivity index (χ4v) is 2.88. The number of nitrogens with zero attached hydrogens (tertiary/aromatic N) is 2. The number of allylic oxidation sites excluding steroid dienone is 5. The highest BCUT2D eigenvalue weighted by Gasteiger charge is 2.12.